The van der Waals surface area contributed by atoms with E-state index in [9.17, 15) is 26.3 Å². The molecule has 0 bridgehead atoms. The average Bonchev–Trinajstić information content (AvgIpc) is 2.14. The molecule has 0 aromatic carbocycles. The molecule has 1 aliphatic carbocycles. The zero-order valence-corrected chi connectivity index (χ0v) is 7.73. The first kappa shape index (κ1) is 13.1. The monoisotopic (exact) mass is 245 g/mol. The zero-order chi connectivity index (χ0) is 12.6. The fraction of sp³-hybridized carbons (Fsp3) is 0.444. The van der Waals surface area contributed by atoms with Gasteiger partial charge in [-0.2, -0.15) is 26.3 Å². The molecule has 0 saturated carbocycles. The molecule has 0 aromatic rings. The zero-order valence-electron chi connectivity index (χ0n) is 7.73. The Bertz CT molecular complexity index is 308. The number of halogens is 6. The van der Waals surface area contributed by atoms with Gasteiger partial charge in [0.15, 0.2) is 0 Å². The number of aliphatic hydroxyl groups is 1. The second kappa shape index (κ2) is 3.80. The van der Waals surface area contributed by atoms with E-state index in [4.69, 9.17) is 5.11 Å². The summed E-state index contributed by atoms with van der Waals surface area (Å²) in [7, 11) is 0. The van der Waals surface area contributed by atoms with Gasteiger partial charge in [-0.3, -0.25) is 0 Å². The van der Waals surface area contributed by atoms with Crippen LogP contribution < -0.4 is 0 Å². The largest absolute Gasteiger partial charge is 0.430 e. The van der Waals surface area contributed by atoms with Crippen molar-refractivity contribution in [3.05, 3.63) is 30.2 Å². The van der Waals surface area contributed by atoms with Crippen LogP contribution >= 0.6 is 0 Å². The molecule has 0 heterocycles. The highest BCUT2D eigenvalue weighted by atomic mass is 19.4. The highest BCUT2D eigenvalue weighted by molar-refractivity contribution is 5.38. The minimum atomic E-state index is -5.81. The predicted octanol–water partition coefficient (Wildman–Crippen LogP) is 2.93. The number of hydrogen-bond acceptors (Lipinski definition) is 1. The van der Waals surface area contributed by atoms with Crippen molar-refractivity contribution in [2.24, 2.45) is 0 Å². The first-order valence-corrected chi connectivity index (χ1v) is 4.17. The Morgan fingerprint density at radius 1 is 1.00 bits per heavy atom. The van der Waals surface area contributed by atoms with Crippen LogP contribution in [0.25, 0.3) is 0 Å². The van der Waals surface area contributed by atoms with Gasteiger partial charge in [0.1, 0.15) is 0 Å². The summed E-state index contributed by atoms with van der Waals surface area (Å²) in [6.45, 7) is 0. The second-order valence-electron chi connectivity index (χ2n) is 3.20. The quantitative estimate of drug-likeness (QED) is 0.704. The molecule has 0 fully saturated rings. The van der Waals surface area contributed by atoms with Gasteiger partial charge in [-0.15, -0.1) is 0 Å². The Morgan fingerprint density at radius 3 is 1.81 bits per heavy atom. The van der Waals surface area contributed by atoms with Gasteiger partial charge in [0.25, 0.3) is 5.60 Å². The number of hydrogen-bond donors (Lipinski definition) is 1. The first-order chi connectivity index (χ1) is 7.11. The van der Waals surface area contributed by atoms with Crippen molar-refractivity contribution < 1.29 is 31.4 Å². The van der Waals surface area contributed by atoms with Crippen LogP contribution in [0.2, 0.25) is 0 Å². The topological polar surface area (TPSA) is 20.2 Å². The van der Waals surface area contributed by atoms with E-state index < -0.39 is 23.5 Å². The van der Waals surface area contributed by atoms with Gasteiger partial charge in [-0.1, -0.05) is 18.2 Å². The van der Waals surface area contributed by atoms with E-state index in [1.807, 2.05) is 0 Å². The lowest BCUT2D eigenvalue weighted by molar-refractivity contribution is -0.351. The van der Waals surface area contributed by atoms with E-state index in [1.54, 1.807) is 0 Å². The van der Waals surface area contributed by atoms with Gasteiger partial charge >= 0.3 is 12.4 Å². The fourth-order valence-electron chi connectivity index (χ4n) is 1.25. The average molecular weight is 245 g/mol. The summed E-state index contributed by atoms with van der Waals surface area (Å²) >= 11 is 0. The van der Waals surface area contributed by atoms with Crippen molar-refractivity contribution in [1.82, 2.24) is 0 Å². The molecule has 1 radical (unpaired) electrons. The summed E-state index contributed by atoms with van der Waals surface area (Å²) in [5.41, 5.74) is -6.04. The number of allylic oxidation sites excluding steroid dienone is 2. The molecule has 0 aromatic heterocycles. The second-order valence-corrected chi connectivity index (χ2v) is 3.20. The summed E-state index contributed by atoms with van der Waals surface area (Å²) in [6, 6.07) is 0. The lowest BCUT2D eigenvalue weighted by atomic mass is 9.88. The molecule has 0 saturated heterocycles. The predicted molar refractivity (Wildman–Crippen MR) is 43.2 cm³/mol. The highest BCUT2D eigenvalue weighted by Crippen LogP contribution is 2.48. The summed E-state index contributed by atoms with van der Waals surface area (Å²) in [5, 5.41) is 8.92. The van der Waals surface area contributed by atoms with E-state index >= 15 is 0 Å². The smallest absolute Gasteiger partial charge is 0.370 e. The van der Waals surface area contributed by atoms with Gasteiger partial charge in [0.2, 0.25) is 0 Å². The third kappa shape index (κ3) is 1.95. The first-order valence-electron chi connectivity index (χ1n) is 4.17. The molecule has 0 aliphatic heterocycles. The van der Waals surface area contributed by atoms with Gasteiger partial charge < -0.3 is 5.11 Å². The molecule has 1 rings (SSSR count). The Hall–Kier alpha value is -0.980. The minimum Gasteiger partial charge on any atom is -0.370 e. The highest BCUT2D eigenvalue weighted by Gasteiger charge is 2.71. The molecule has 16 heavy (non-hydrogen) atoms. The van der Waals surface area contributed by atoms with Gasteiger partial charge in [-0.05, 0) is 18.4 Å². The molecule has 7 heteroatoms. The SMILES string of the molecule is OC(C1=C[CH]CC=C1)(C(F)(F)F)C(F)(F)F. The van der Waals surface area contributed by atoms with Crippen LogP contribution in [-0.4, -0.2) is 23.1 Å². The minimum absolute atomic E-state index is 0.231. The maximum absolute atomic E-state index is 12.3. The van der Waals surface area contributed by atoms with Crippen molar-refractivity contribution in [1.29, 1.82) is 0 Å². The molecule has 0 amide bonds. The van der Waals surface area contributed by atoms with Crippen LogP contribution in [-0.2, 0) is 0 Å². The van der Waals surface area contributed by atoms with Gasteiger partial charge in [0.05, 0.1) is 0 Å². The molecule has 1 nitrogen and oxygen atoms in total. The van der Waals surface area contributed by atoms with Crippen LogP contribution in [0.4, 0.5) is 26.3 Å². The van der Waals surface area contributed by atoms with Crippen LogP contribution in [0.15, 0.2) is 23.8 Å². The van der Waals surface area contributed by atoms with E-state index in [2.05, 4.69) is 0 Å². The maximum Gasteiger partial charge on any atom is 0.430 e. The van der Waals surface area contributed by atoms with Crippen molar-refractivity contribution in [2.75, 3.05) is 0 Å². The molecule has 1 N–H and O–H groups in total. The van der Waals surface area contributed by atoms with E-state index in [1.165, 1.54) is 0 Å². The van der Waals surface area contributed by atoms with Gasteiger partial charge in [0, 0.05) is 0 Å². The molecule has 1 aliphatic rings. The Kier molecular flexibility index (Phi) is 3.11. The van der Waals surface area contributed by atoms with Crippen LogP contribution in [0, 0.1) is 6.42 Å². The third-order valence-corrected chi connectivity index (χ3v) is 2.11. The summed E-state index contributed by atoms with van der Waals surface area (Å²) in [4.78, 5) is 0. The summed E-state index contributed by atoms with van der Waals surface area (Å²) in [5.74, 6) is 0. The van der Waals surface area contributed by atoms with Crippen LogP contribution in [0.3, 0.4) is 0 Å². The Balaban J connectivity index is 3.26. The summed E-state index contributed by atoms with van der Waals surface area (Å²) < 4.78 is 74.0. The molecule has 0 atom stereocenters. The van der Waals surface area contributed by atoms with E-state index in [0.29, 0.717) is 12.2 Å². The van der Waals surface area contributed by atoms with Crippen molar-refractivity contribution in [3.8, 4) is 0 Å². The Morgan fingerprint density at radius 2 is 1.50 bits per heavy atom. The molecule has 91 valence electrons. The van der Waals surface area contributed by atoms with Crippen LogP contribution in [0.5, 0.6) is 0 Å². The molecule has 0 unspecified atom stereocenters. The summed E-state index contributed by atoms with van der Waals surface area (Å²) in [6.07, 6.45) is -7.92. The molecule has 0 spiro atoms. The normalized spacial score (nSPS) is 18.6. The third-order valence-electron chi connectivity index (χ3n) is 2.11. The van der Waals surface area contributed by atoms with Crippen LogP contribution in [0.1, 0.15) is 6.42 Å². The standard InChI is InChI=1S/C9H7F6O/c10-8(11,12)7(16,9(13,14)15)6-4-2-1-3-5-6/h2-5,16H,1H2. The molecular formula is C9H7F6O. The number of rotatable bonds is 1. The molecular weight excluding hydrogens is 238 g/mol. The lowest BCUT2D eigenvalue weighted by Gasteiger charge is -2.34. The van der Waals surface area contributed by atoms with E-state index in [-0.39, 0.29) is 6.42 Å². The van der Waals surface area contributed by atoms with E-state index in [0.717, 1.165) is 12.5 Å². The van der Waals surface area contributed by atoms with Crippen molar-refractivity contribution >= 4 is 0 Å². The Labute approximate surface area is 87.1 Å². The van der Waals surface area contributed by atoms with Gasteiger partial charge in [-0.25, -0.2) is 0 Å². The fourth-order valence-corrected chi connectivity index (χ4v) is 1.25. The lowest BCUT2D eigenvalue weighted by Crippen LogP contribution is -2.58. The maximum atomic E-state index is 12.3. The van der Waals surface area contributed by atoms with Crippen molar-refractivity contribution in [2.45, 2.75) is 24.4 Å². The number of alkyl halides is 6. The van der Waals surface area contributed by atoms with Crippen molar-refractivity contribution in [3.63, 3.8) is 0 Å².